The van der Waals surface area contributed by atoms with E-state index in [2.05, 4.69) is 13.9 Å². The van der Waals surface area contributed by atoms with Gasteiger partial charge in [-0.15, -0.1) is 0 Å². The van der Waals surface area contributed by atoms with Crippen LogP contribution in [0.25, 0.3) is 22.4 Å². The normalized spacial score (nSPS) is 11.0. The number of hydrogen-bond donors (Lipinski definition) is 0. The molecule has 0 saturated heterocycles. The molecule has 0 bridgehead atoms. The maximum absolute atomic E-state index is 13.8. The molecular weight excluding hydrogens is 364 g/mol. The lowest BCUT2D eigenvalue weighted by molar-refractivity contribution is 0.0464. The van der Waals surface area contributed by atoms with Crippen LogP contribution in [0, 0.1) is 11.6 Å². The van der Waals surface area contributed by atoms with Crippen molar-refractivity contribution >= 4 is 28.7 Å². The first-order chi connectivity index (χ1) is 12.6. The second-order valence-electron chi connectivity index (χ2n) is 5.35. The number of fused-ring (bicyclic) bond motifs is 1. The molecule has 26 heavy (non-hydrogen) atoms. The van der Waals surface area contributed by atoms with Crippen molar-refractivity contribution in [2.75, 3.05) is 0 Å². The molecule has 0 aliphatic carbocycles. The van der Waals surface area contributed by atoms with Crippen LogP contribution in [0.15, 0.2) is 47.0 Å². The Labute approximate surface area is 149 Å². The van der Waals surface area contributed by atoms with Gasteiger partial charge in [0.25, 0.3) is 0 Å². The molecule has 4 rings (SSSR count). The number of esters is 1. The number of ether oxygens (including phenoxy) is 1. The van der Waals surface area contributed by atoms with Crippen molar-refractivity contribution in [1.29, 1.82) is 0 Å². The van der Waals surface area contributed by atoms with Gasteiger partial charge in [-0.1, -0.05) is 5.16 Å². The average Bonchev–Trinajstić information content (AvgIpc) is 3.28. The van der Waals surface area contributed by atoms with Crippen LogP contribution < -0.4 is 0 Å². The van der Waals surface area contributed by atoms with Crippen LogP contribution in [0.5, 0.6) is 0 Å². The van der Waals surface area contributed by atoms with E-state index in [1.54, 1.807) is 18.2 Å². The fourth-order valence-corrected chi connectivity index (χ4v) is 2.85. The summed E-state index contributed by atoms with van der Waals surface area (Å²) in [5, 5.41) is 3.73. The molecule has 0 aliphatic heterocycles. The van der Waals surface area contributed by atoms with Gasteiger partial charge in [0.05, 0.1) is 22.9 Å². The molecule has 0 radical (unpaired) electrons. The molecule has 0 spiro atoms. The number of aromatic nitrogens is 3. The first-order valence-corrected chi connectivity index (χ1v) is 8.13. The molecule has 2 aromatic heterocycles. The molecule has 0 N–H and O–H groups in total. The first-order valence-electron chi connectivity index (χ1n) is 7.40. The number of nitrogens with zero attached hydrogens (tertiary/aromatic N) is 3. The lowest BCUT2D eigenvalue weighted by atomic mass is 10.1. The fourth-order valence-electron chi connectivity index (χ4n) is 2.33. The predicted molar refractivity (Wildman–Crippen MR) is 88.4 cm³/mol. The SMILES string of the molecule is O=C(OCc1cc(-c2ccc(F)cc2F)on1)c1ccc2nsnc2c1. The Morgan fingerprint density at radius 3 is 2.77 bits per heavy atom. The zero-order chi connectivity index (χ0) is 18.1. The number of carbonyl (C=O) groups is 1. The van der Waals surface area contributed by atoms with Crippen LogP contribution in [0.1, 0.15) is 16.1 Å². The van der Waals surface area contributed by atoms with Crippen molar-refractivity contribution in [3.63, 3.8) is 0 Å². The Kier molecular flexibility index (Phi) is 4.13. The Bertz CT molecular complexity index is 1110. The Morgan fingerprint density at radius 2 is 1.92 bits per heavy atom. The van der Waals surface area contributed by atoms with E-state index in [0.29, 0.717) is 22.3 Å². The van der Waals surface area contributed by atoms with Crippen molar-refractivity contribution in [2.24, 2.45) is 0 Å². The summed E-state index contributed by atoms with van der Waals surface area (Å²) in [5.74, 6) is -1.90. The highest BCUT2D eigenvalue weighted by Crippen LogP contribution is 2.24. The molecular formula is C17H9F2N3O3S. The highest BCUT2D eigenvalue weighted by atomic mass is 32.1. The zero-order valence-corrected chi connectivity index (χ0v) is 13.8. The van der Waals surface area contributed by atoms with Gasteiger partial charge < -0.3 is 9.26 Å². The van der Waals surface area contributed by atoms with Crippen LogP contribution in [-0.4, -0.2) is 19.9 Å². The van der Waals surface area contributed by atoms with Crippen molar-refractivity contribution < 1.29 is 22.8 Å². The van der Waals surface area contributed by atoms with Crippen molar-refractivity contribution in [3.8, 4) is 11.3 Å². The lowest BCUT2D eigenvalue weighted by Gasteiger charge is -2.02. The topological polar surface area (TPSA) is 78.1 Å². The van der Waals surface area contributed by atoms with Gasteiger partial charge in [-0.2, -0.15) is 8.75 Å². The molecule has 4 aromatic rings. The zero-order valence-electron chi connectivity index (χ0n) is 13.0. The molecule has 6 nitrogen and oxygen atoms in total. The molecule has 2 heterocycles. The molecule has 0 amide bonds. The van der Waals surface area contributed by atoms with Gasteiger partial charge in [0.15, 0.2) is 5.76 Å². The van der Waals surface area contributed by atoms with Crippen LogP contribution in [-0.2, 0) is 11.3 Å². The number of rotatable bonds is 4. The number of benzene rings is 2. The molecule has 0 fully saturated rings. The van der Waals surface area contributed by atoms with Crippen LogP contribution >= 0.6 is 11.7 Å². The van der Waals surface area contributed by atoms with E-state index >= 15 is 0 Å². The van der Waals surface area contributed by atoms with Gasteiger partial charge in [-0.25, -0.2) is 13.6 Å². The summed E-state index contributed by atoms with van der Waals surface area (Å²) in [5.41, 5.74) is 2.01. The van der Waals surface area contributed by atoms with Gasteiger partial charge in [-0.3, -0.25) is 0 Å². The number of hydrogen-bond acceptors (Lipinski definition) is 7. The van der Waals surface area contributed by atoms with E-state index in [0.717, 1.165) is 23.9 Å². The van der Waals surface area contributed by atoms with Gasteiger partial charge >= 0.3 is 5.97 Å². The third-order valence-corrected chi connectivity index (χ3v) is 4.15. The third kappa shape index (κ3) is 3.16. The maximum Gasteiger partial charge on any atom is 0.338 e. The van der Waals surface area contributed by atoms with Crippen molar-refractivity contribution in [3.05, 3.63) is 65.4 Å². The van der Waals surface area contributed by atoms with Crippen molar-refractivity contribution in [2.45, 2.75) is 6.61 Å². The monoisotopic (exact) mass is 373 g/mol. The Morgan fingerprint density at radius 1 is 1.08 bits per heavy atom. The minimum atomic E-state index is -0.769. The Balaban J connectivity index is 1.46. The van der Waals surface area contributed by atoms with Crippen LogP contribution in [0.2, 0.25) is 0 Å². The van der Waals surface area contributed by atoms with Crippen molar-refractivity contribution in [1.82, 2.24) is 13.9 Å². The van der Waals surface area contributed by atoms with Crippen LogP contribution in [0.3, 0.4) is 0 Å². The highest BCUT2D eigenvalue weighted by Gasteiger charge is 2.15. The van der Waals surface area contributed by atoms with E-state index in [9.17, 15) is 13.6 Å². The summed E-state index contributed by atoms with van der Waals surface area (Å²) in [6.45, 7) is -0.154. The van der Waals surface area contributed by atoms with E-state index in [1.807, 2.05) is 0 Å². The molecule has 0 aliphatic rings. The van der Waals surface area contributed by atoms with E-state index in [-0.39, 0.29) is 17.9 Å². The van der Waals surface area contributed by atoms with Gasteiger partial charge in [0.1, 0.15) is 35.0 Å². The summed E-state index contributed by atoms with van der Waals surface area (Å²) in [6, 6.07) is 9.40. The predicted octanol–water partition coefficient (Wildman–Crippen LogP) is 3.98. The van der Waals surface area contributed by atoms with Gasteiger partial charge in [0, 0.05) is 12.1 Å². The standard InChI is InChI=1S/C17H9F2N3O3S/c18-10-2-3-12(13(19)6-10)16-7-11(20-25-16)8-24-17(23)9-1-4-14-15(5-9)22-26-21-14/h1-7H,8H2. The molecule has 0 saturated carbocycles. The lowest BCUT2D eigenvalue weighted by Crippen LogP contribution is -2.05. The number of halogens is 2. The first kappa shape index (κ1) is 16.3. The molecule has 130 valence electrons. The molecule has 0 unspecified atom stereocenters. The van der Waals surface area contributed by atoms with E-state index in [4.69, 9.17) is 9.26 Å². The minimum absolute atomic E-state index is 0.0676. The fraction of sp³-hybridized carbons (Fsp3) is 0.0588. The smallest absolute Gasteiger partial charge is 0.338 e. The van der Waals surface area contributed by atoms with E-state index < -0.39 is 17.6 Å². The largest absolute Gasteiger partial charge is 0.455 e. The summed E-state index contributed by atoms with van der Waals surface area (Å²) in [7, 11) is 0. The second-order valence-corrected chi connectivity index (χ2v) is 5.88. The Hall–Kier alpha value is -3.20. The minimum Gasteiger partial charge on any atom is -0.455 e. The third-order valence-electron chi connectivity index (χ3n) is 3.60. The average molecular weight is 373 g/mol. The summed E-state index contributed by atoms with van der Waals surface area (Å²) < 4.78 is 45.1. The van der Waals surface area contributed by atoms with Gasteiger partial charge in [0.2, 0.25) is 0 Å². The molecule has 0 atom stereocenters. The quantitative estimate of drug-likeness (QED) is 0.504. The molecule has 2 aromatic carbocycles. The summed E-state index contributed by atoms with van der Waals surface area (Å²) in [4.78, 5) is 12.1. The van der Waals surface area contributed by atoms with E-state index in [1.165, 1.54) is 12.1 Å². The summed E-state index contributed by atoms with van der Waals surface area (Å²) in [6.07, 6.45) is 0. The van der Waals surface area contributed by atoms with Crippen LogP contribution in [0.4, 0.5) is 8.78 Å². The number of carbonyl (C=O) groups excluding carboxylic acids is 1. The van der Waals surface area contributed by atoms with Gasteiger partial charge in [-0.05, 0) is 30.3 Å². The second kappa shape index (κ2) is 6.60. The maximum atomic E-state index is 13.8. The summed E-state index contributed by atoms with van der Waals surface area (Å²) >= 11 is 1.06. The molecule has 9 heteroatoms. The highest BCUT2D eigenvalue weighted by molar-refractivity contribution is 7.00.